The maximum atomic E-state index is 6.13. The Morgan fingerprint density at radius 3 is 2.60 bits per heavy atom. The van der Waals surface area contributed by atoms with Crippen molar-refractivity contribution in [1.29, 1.82) is 0 Å². The monoisotopic (exact) mass is 351 g/mol. The Labute approximate surface area is 153 Å². The van der Waals surface area contributed by atoms with E-state index < -0.39 is 0 Å². The number of hydrogen-bond acceptors (Lipinski definition) is 3. The van der Waals surface area contributed by atoms with Gasteiger partial charge in [0.2, 0.25) is 0 Å². The van der Waals surface area contributed by atoms with Crippen molar-refractivity contribution in [3.63, 3.8) is 0 Å². The molecule has 2 N–H and O–H groups in total. The second-order valence-electron chi connectivity index (χ2n) is 6.83. The van der Waals surface area contributed by atoms with Crippen LogP contribution in [0.1, 0.15) is 18.1 Å². The molecule has 0 radical (unpaired) electrons. The zero-order valence-electron chi connectivity index (χ0n) is 14.3. The van der Waals surface area contributed by atoms with Crippen LogP contribution in [0.3, 0.4) is 0 Å². The highest BCUT2D eigenvalue weighted by Crippen LogP contribution is 2.37. The van der Waals surface area contributed by atoms with Crippen LogP contribution in [0, 0.1) is 0 Å². The molecule has 0 amide bonds. The molecular formula is C21H22ClN3. The van der Waals surface area contributed by atoms with Crippen LogP contribution in [0.25, 0.3) is 10.9 Å². The van der Waals surface area contributed by atoms with Gasteiger partial charge in [-0.2, -0.15) is 0 Å². The molecule has 4 rings (SSSR count). The zero-order chi connectivity index (χ0) is 17.3. The van der Waals surface area contributed by atoms with Gasteiger partial charge in [-0.3, -0.25) is 4.98 Å². The molecule has 1 aromatic heterocycles. The van der Waals surface area contributed by atoms with E-state index in [0.29, 0.717) is 6.04 Å². The van der Waals surface area contributed by atoms with E-state index in [0.717, 1.165) is 30.2 Å². The van der Waals surface area contributed by atoms with Gasteiger partial charge >= 0.3 is 0 Å². The van der Waals surface area contributed by atoms with Gasteiger partial charge in [0.05, 0.1) is 5.52 Å². The van der Waals surface area contributed by atoms with Gasteiger partial charge in [0.25, 0.3) is 0 Å². The number of hydrogen-bond donors (Lipinski definition) is 2. The lowest BCUT2D eigenvalue weighted by molar-refractivity contribution is 0.316. The second kappa shape index (κ2) is 6.75. The van der Waals surface area contributed by atoms with Crippen LogP contribution in [0.2, 0.25) is 5.02 Å². The van der Waals surface area contributed by atoms with E-state index in [1.807, 2.05) is 24.4 Å². The lowest BCUT2D eigenvalue weighted by Gasteiger charge is -2.42. The van der Waals surface area contributed by atoms with E-state index >= 15 is 0 Å². The van der Waals surface area contributed by atoms with Crippen molar-refractivity contribution in [3.05, 3.63) is 76.9 Å². The Balaban J connectivity index is 1.87. The Morgan fingerprint density at radius 2 is 1.84 bits per heavy atom. The van der Waals surface area contributed by atoms with E-state index in [1.165, 1.54) is 16.5 Å². The fourth-order valence-electron chi connectivity index (χ4n) is 3.82. The standard InChI is InChI=1S/C21H22ClN3/c1-21(20-14-23-11-12-25-20,16-6-8-18(22)9-7-16)17-5-4-15-3-2-10-24-19(15)13-17/h2-10,13,20,23,25H,11-12,14H2,1H3. The third-order valence-electron chi connectivity index (χ3n) is 5.39. The van der Waals surface area contributed by atoms with Gasteiger partial charge in [0.15, 0.2) is 0 Å². The lowest BCUT2D eigenvalue weighted by Crippen LogP contribution is -2.58. The molecule has 0 saturated carbocycles. The smallest absolute Gasteiger partial charge is 0.0705 e. The molecule has 0 bridgehead atoms. The number of fused-ring (bicyclic) bond motifs is 1. The van der Waals surface area contributed by atoms with Crippen molar-refractivity contribution in [2.24, 2.45) is 0 Å². The topological polar surface area (TPSA) is 37.0 Å². The van der Waals surface area contributed by atoms with Crippen LogP contribution in [0.4, 0.5) is 0 Å². The van der Waals surface area contributed by atoms with Gasteiger partial charge in [-0.25, -0.2) is 0 Å². The summed E-state index contributed by atoms with van der Waals surface area (Å²) in [6.07, 6.45) is 1.85. The number of nitrogens with zero attached hydrogens (tertiary/aromatic N) is 1. The SMILES string of the molecule is CC(c1ccc(Cl)cc1)(c1ccc2cccnc2c1)C1CNCCN1. The molecule has 25 heavy (non-hydrogen) atoms. The Bertz CT molecular complexity index is 872. The van der Waals surface area contributed by atoms with Crippen LogP contribution in [-0.4, -0.2) is 30.7 Å². The number of benzene rings is 2. The predicted molar refractivity (Wildman–Crippen MR) is 104 cm³/mol. The van der Waals surface area contributed by atoms with Gasteiger partial charge in [-0.05, 0) is 42.3 Å². The Hall–Kier alpha value is -1.94. The molecule has 2 atom stereocenters. The zero-order valence-corrected chi connectivity index (χ0v) is 15.1. The largest absolute Gasteiger partial charge is 0.314 e. The van der Waals surface area contributed by atoms with E-state index in [4.69, 9.17) is 11.6 Å². The molecule has 3 nitrogen and oxygen atoms in total. The highest BCUT2D eigenvalue weighted by molar-refractivity contribution is 6.30. The third kappa shape index (κ3) is 3.04. The summed E-state index contributed by atoms with van der Waals surface area (Å²) < 4.78 is 0. The molecule has 2 heterocycles. The number of rotatable bonds is 3. The molecule has 2 aromatic carbocycles. The van der Waals surface area contributed by atoms with E-state index in [1.54, 1.807) is 0 Å². The minimum atomic E-state index is -0.177. The van der Waals surface area contributed by atoms with Crippen molar-refractivity contribution in [2.75, 3.05) is 19.6 Å². The molecule has 1 saturated heterocycles. The number of aromatic nitrogens is 1. The molecule has 0 spiro atoms. The summed E-state index contributed by atoms with van der Waals surface area (Å²) in [5.74, 6) is 0. The fourth-order valence-corrected chi connectivity index (χ4v) is 3.94. The summed E-state index contributed by atoms with van der Waals surface area (Å²) in [6.45, 7) is 5.22. The molecule has 1 aliphatic rings. The fraction of sp³-hybridized carbons (Fsp3) is 0.286. The van der Waals surface area contributed by atoms with E-state index in [9.17, 15) is 0 Å². The predicted octanol–water partition coefficient (Wildman–Crippen LogP) is 3.76. The van der Waals surface area contributed by atoms with Crippen LogP contribution in [0.5, 0.6) is 0 Å². The van der Waals surface area contributed by atoms with Gasteiger partial charge in [0, 0.05) is 47.7 Å². The first-order chi connectivity index (χ1) is 12.2. The number of nitrogens with one attached hydrogen (secondary N) is 2. The summed E-state index contributed by atoms with van der Waals surface area (Å²) in [7, 11) is 0. The molecule has 1 fully saturated rings. The maximum absolute atomic E-state index is 6.13. The molecule has 3 aromatic rings. The first-order valence-corrected chi connectivity index (χ1v) is 9.11. The van der Waals surface area contributed by atoms with Crippen LogP contribution in [0.15, 0.2) is 60.8 Å². The van der Waals surface area contributed by atoms with Crippen molar-refractivity contribution < 1.29 is 0 Å². The lowest BCUT2D eigenvalue weighted by atomic mass is 9.70. The summed E-state index contributed by atoms with van der Waals surface area (Å²) in [5.41, 5.74) is 3.38. The molecular weight excluding hydrogens is 330 g/mol. The van der Waals surface area contributed by atoms with Gasteiger partial charge < -0.3 is 10.6 Å². The molecule has 4 heteroatoms. The average molecular weight is 352 g/mol. The minimum Gasteiger partial charge on any atom is -0.314 e. The van der Waals surface area contributed by atoms with Gasteiger partial charge in [0.1, 0.15) is 0 Å². The van der Waals surface area contributed by atoms with Crippen LogP contribution < -0.4 is 10.6 Å². The van der Waals surface area contributed by atoms with Crippen molar-refractivity contribution >= 4 is 22.5 Å². The van der Waals surface area contributed by atoms with E-state index in [2.05, 4.69) is 58.9 Å². The Kier molecular flexibility index (Phi) is 4.46. The average Bonchev–Trinajstić information content (AvgIpc) is 2.68. The van der Waals surface area contributed by atoms with E-state index in [-0.39, 0.29) is 5.41 Å². The first-order valence-electron chi connectivity index (χ1n) is 8.73. The summed E-state index contributed by atoms with van der Waals surface area (Å²) in [6, 6.07) is 19.2. The first kappa shape index (κ1) is 16.5. The van der Waals surface area contributed by atoms with Crippen LogP contribution >= 0.6 is 11.6 Å². The highest BCUT2D eigenvalue weighted by atomic mass is 35.5. The molecule has 1 aliphatic heterocycles. The minimum absolute atomic E-state index is 0.177. The number of halogens is 1. The third-order valence-corrected chi connectivity index (χ3v) is 5.64. The van der Waals surface area contributed by atoms with Gasteiger partial charge in [-0.1, -0.05) is 41.9 Å². The van der Waals surface area contributed by atoms with Gasteiger partial charge in [-0.15, -0.1) is 0 Å². The summed E-state index contributed by atoms with van der Waals surface area (Å²) >= 11 is 6.13. The number of pyridine rings is 1. The van der Waals surface area contributed by atoms with Crippen molar-refractivity contribution in [3.8, 4) is 0 Å². The van der Waals surface area contributed by atoms with Crippen molar-refractivity contribution in [2.45, 2.75) is 18.4 Å². The summed E-state index contributed by atoms with van der Waals surface area (Å²) in [4.78, 5) is 4.55. The van der Waals surface area contributed by atoms with Crippen LogP contribution in [-0.2, 0) is 5.41 Å². The molecule has 128 valence electrons. The maximum Gasteiger partial charge on any atom is 0.0705 e. The molecule has 2 unspecified atom stereocenters. The highest BCUT2D eigenvalue weighted by Gasteiger charge is 2.38. The van der Waals surface area contributed by atoms with Crippen molar-refractivity contribution in [1.82, 2.24) is 15.6 Å². The molecule has 0 aliphatic carbocycles. The second-order valence-corrected chi connectivity index (χ2v) is 7.27. The summed E-state index contributed by atoms with van der Waals surface area (Å²) in [5, 5.41) is 9.16. The number of piperazine rings is 1. The Morgan fingerprint density at radius 1 is 1.04 bits per heavy atom. The quantitative estimate of drug-likeness (QED) is 0.754. The normalized spacial score (nSPS) is 20.3.